The summed E-state index contributed by atoms with van der Waals surface area (Å²) in [7, 11) is 0. The molecule has 0 aromatic heterocycles. The Kier molecular flexibility index (Phi) is 5.99. The summed E-state index contributed by atoms with van der Waals surface area (Å²) in [4.78, 5) is 0. The zero-order valence-electron chi connectivity index (χ0n) is 8.52. The lowest BCUT2D eigenvalue weighted by Crippen LogP contribution is -2.29. The van der Waals surface area contributed by atoms with Crippen LogP contribution in [-0.4, -0.2) is 18.4 Å². The SMILES string of the molecule is CCCOC(C)(CC=N)CCC. The number of nitrogens with one attached hydrogen (secondary N) is 1. The molecule has 0 fully saturated rings. The van der Waals surface area contributed by atoms with Crippen molar-refractivity contribution < 1.29 is 4.74 Å². The Morgan fingerprint density at radius 3 is 2.42 bits per heavy atom. The van der Waals surface area contributed by atoms with E-state index in [4.69, 9.17) is 10.1 Å². The molecule has 72 valence electrons. The van der Waals surface area contributed by atoms with E-state index in [1.807, 2.05) is 0 Å². The predicted molar refractivity (Wildman–Crippen MR) is 53.0 cm³/mol. The topological polar surface area (TPSA) is 33.1 Å². The Morgan fingerprint density at radius 2 is 2.00 bits per heavy atom. The highest BCUT2D eigenvalue weighted by atomic mass is 16.5. The quantitative estimate of drug-likeness (QED) is 0.587. The van der Waals surface area contributed by atoms with Crippen LogP contribution in [0.4, 0.5) is 0 Å². The summed E-state index contributed by atoms with van der Waals surface area (Å²) in [5.41, 5.74) is -0.0908. The van der Waals surface area contributed by atoms with Gasteiger partial charge < -0.3 is 10.1 Å². The van der Waals surface area contributed by atoms with Crippen molar-refractivity contribution in [1.29, 1.82) is 5.41 Å². The summed E-state index contributed by atoms with van der Waals surface area (Å²) in [5.74, 6) is 0. The van der Waals surface area contributed by atoms with Gasteiger partial charge in [0, 0.05) is 13.0 Å². The van der Waals surface area contributed by atoms with Crippen LogP contribution in [0, 0.1) is 5.41 Å². The fourth-order valence-electron chi connectivity index (χ4n) is 1.33. The van der Waals surface area contributed by atoms with Gasteiger partial charge in [-0.25, -0.2) is 0 Å². The molecule has 0 rings (SSSR count). The zero-order chi connectivity index (χ0) is 9.45. The van der Waals surface area contributed by atoms with E-state index in [0.717, 1.165) is 32.3 Å². The Hall–Kier alpha value is -0.370. The van der Waals surface area contributed by atoms with E-state index in [-0.39, 0.29) is 5.60 Å². The van der Waals surface area contributed by atoms with E-state index in [2.05, 4.69) is 20.8 Å². The van der Waals surface area contributed by atoms with Crippen molar-refractivity contribution in [2.45, 2.75) is 52.1 Å². The van der Waals surface area contributed by atoms with Gasteiger partial charge in [0.25, 0.3) is 0 Å². The van der Waals surface area contributed by atoms with Crippen molar-refractivity contribution in [2.24, 2.45) is 0 Å². The predicted octanol–water partition coefficient (Wildman–Crippen LogP) is 3.01. The number of hydrogen-bond acceptors (Lipinski definition) is 2. The van der Waals surface area contributed by atoms with Gasteiger partial charge in [-0.05, 0) is 26.0 Å². The number of ether oxygens (including phenoxy) is 1. The molecule has 2 heteroatoms. The smallest absolute Gasteiger partial charge is 0.0703 e. The van der Waals surface area contributed by atoms with Crippen LogP contribution in [0.25, 0.3) is 0 Å². The van der Waals surface area contributed by atoms with Crippen LogP contribution >= 0.6 is 0 Å². The maximum absolute atomic E-state index is 7.07. The molecule has 1 atom stereocenters. The van der Waals surface area contributed by atoms with Gasteiger partial charge in [-0.1, -0.05) is 20.3 Å². The Balaban J connectivity index is 3.88. The van der Waals surface area contributed by atoms with E-state index >= 15 is 0 Å². The van der Waals surface area contributed by atoms with E-state index < -0.39 is 0 Å². The Morgan fingerprint density at radius 1 is 1.33 bits per heavy atom. The van der Waals surface area contributed by atoms with Crippen molar-refractivity contribution in [2.75, 3.05) is 6.61 Å². The maximum atomic E-state index is 7.07. The fraction of sp³-hybridized carbons (Fsp3) is 0.900. The molecule has 0 saturated carbocycles. The molecule has 0 aliphatic carbocycles. The summed E-state index contributed by atoms with van der Waals surface area (Å²) in [6.07, 6.45) is 5.40. The molecule has 0 aromatic carbocycles. The van der Waals surface area contributed by atoms with E-state index in [0.29, 0.717) is 0 Å². The molecule has 0 bridgehead atoms. The summed E-state index contributed by atoms with van der Waals surface area (Å²) < 4.78 is 5.71. The monoisotopic (exact) mass is 171 g/mol. The third-order valence-corrected chi connectivity index (χ3v) is 1.97. The third-order valence-electron chi connectivity index (χ3n) is 1.97. The Bertz CT molecular complexity index is 125. The van der Waals surface area contributed by atoms with Crippen LogP contribution in [0.1, 0.15) is 46.5 Å². The lowest BCUT2D eigenvalue weighted by Gasteiger charge is -2.27. The van der Waals surface area contributed by atoms with Crippen LogP contribution in [-0.2, 0) is 4.74 Å². The molecular formula is C10H21NO. The minimum atomic E-state index is -0.0908. The van der Waals surface area contributed by atoms with Crippen LogP contribution < -0.4 is 0 Å². The molecule has 0 spiro atoms. The van der Waals surface area contributed by atoms with Gasteiger partial charge >= 0.3 is 0 Å². The largest absolute Gasteiger partial charge is 0.375 e. The first-order valence-corrected chi connectivity index (χ1v) is 4.81. The Labute approximate surface area is 75.8 Å². The molecule has 0 radical (unpaired) electrons. The second kappa shape index (κ2) is 6.18. The van der Waals surface area contributed by atoms with Gasteiger partial charge in [0.15, 0.2) is 0 Å². The van der Waals surface area contributed by atoms with Gasteiger partial charge in [-0.15, -0.1) is 0 Å². The van der Waals surface area contributed by atoms with Gasteiger partial charge in [0.2, 0.25) is 0 Å². The van der Waals surface area contributed by atoms with Gasteiger partial charge in [0.1, 0.15) is 0 Å². The molecule has 0 amide bonds. The fourth-order valence-corrected chi connectivity index (χ4v) is 1.33. The van der Waals surface area contributed by atoms with Crippen molar-refractivity contribution in [1.82, 2.24) is 0 Å². The second-order valence-corrected chi connectivity index (χ2v) is 3.46. The summed E-state index contributed by atoms with van der Waals surface area (Å²) in [6, 6.07) is 0. The molecule has 0 aliphatic rings. The normalized spacial score (nSPS) is 15.6. The second-order valence-electron chi connectivity index (χ2n) is 3.46. The minimum absolute atomic E-state index is 0.0908. The molecule has 12 heavy (non-hydrogen) atoms. The van der Waals surface area contributed by atoms with E-state index in [1.165, 1.54) is 6.21 Å². The molecule has 0 saturated heterocycles. The van der Waals surface area contributed by atoms with Gasteiger partial charge in [-0.2, -0.15) is 0 Å². The summed E-state index contributed by atoms with van der Waals surface area (Å²) in [6.45, 7) is 7.16. The number of hydrogen-bond donors (Lipinski definition) is 1. The average Bonchev–Trinajstić information content (AvgIpc) is 2.02. The summed E-state index contributed by atoms with van der Waals surface area (Å²) in [5, 5.41) is 7.07. The highest BCUT2D eigenvalue weighted by Gasteiger charge is 2.21. The van der Waals surface area contributed by atoms with Crippen LogP contribution in [0.15, 0.2) is 0 Å². The standard InChI is InChI=1S/C10H21NO/c1-4-6-10(3,7-8-11)12-9-5-2/h8,11H,4-7,9H2,1-3H3. The van der Waals surface area contributed by atoms with Crippen molar-refractivity contribution in [3.05, 3.63) is 0 Å². The summed E-state index contributed by atoms with van der Waals surface area (Å²) >= 11 is 0. The van der Waals surface area contributed by atoms with Crippen LogP contribution in [0.3, 0.4) is 0 Å². The van der Waals surface area contributed by atoms with Crippen LogP contribution in [0.5, 0.6) is 0 Å². The van der Waals surface area contributed by atoms with E-state index in [1.54, 1.807) is 0 Å². The lowest BCUT2D eigenvalue weighted by atomic mass is 9.97. The maximum Gasteiger partial charge on any atom is 0.0703 e. The molecule has 0 heterocycles. The zero-order valence-corrected chi connectivity index (χ0v) is 8.52. The molecule has 1 N–H and O–H groups in total. The molecule has 2 nitrogen and oxygen atoms in total. The molecular weight excluding hydrogens is 150 g/mol. The first-order valence-electron chi connectivity index (χ1n) is 4.81. The van der Waals surface area contributed by atoms with Gasteiger partial charge in [0.05, 0.1) is 5.60 Å². The average molecular weight is 171 g/mol. The van der Waals surface area contributed by atoms with Crippen molar-refractivity contribution >= 4 is 6.21 Å². The lowest BCUT2D eigenvalue weighted by molar-refractivity contribution is -0.0317. The van der Waals surface area contributed by atoms with Gasteiger partial charge in [-0.3, -0.25) is 0 Å². The molecule has 0 aromatic rings. The highest BCUT2D eigenvalue weighted by molar-refractivity contribution is 5.54. The number of rotatable bonds is 7. The molecule has 1 unspecified atom stereocenters. The van der Waals surface area contributed by atoms with Crippen molar-refractivity contribution in [3.8, 4) is 0 Å². The third kappa shape index (κ3) is 4.50. The minimum Gasteiger partial charge on any atom is -0.375 e. The first-order chi connectivity index (χ1) is 5.68. The van der Waals surface area contributed by atoms with Crippen LogP contribution in [0.2, 0.25) is 0 Å². The first kappa shape index (κ1) is 11.6. The molecule has 0 aliphatic heterocycles. The van der Waals surface area contributed by atoms with Crippen molar-refractivity contribution in [3.63, 3.8) is 0 Å². The highest BCUT2D eigenvalue weighted by Crippen LogP contribution is 2.20. The van der Waals surface area contributed by atoms with E-state index in [9.17, 15) is 0 Å².